The zero-order chi connectivity index (χ0) is 14.7. The molecule has 0 aliphatic carbocycles. The van der Waals surface area contributed by atoms with Gasteiger partial charge in [0.1, 0.15) is 0 Å². The van der Waals surface area contributed by atoms with Crippen LogP contribution in [0.3, 0.4) is 0 Å². The lowest BCUT2D eigenvalue weighted by atomic mass is 10.3. The Morgan fingerprint density at radius 1 is 1.24 bits per heavy atom. The highest BCUT2D eigenvalue weighted by Gasteiger charge is 2.18. The van der Waals surface area contributed by atoms with Gasteiger partial charge < -0.3 is 15.0 Å². The van der Waals surface area contributed by atoms with E-state index in [-0.39, 0.29) is 0 Å². The second kappa shape index (κ2) is 5.80. The molecule has 1 aliphatic rings. The van der Waals surface area contributed by atoms with Crippen molar-refractivity contribution in [3.8, 4) is 0 Å². The summed E-state index contributed by atoms with van der Waals surface area (Å²) in [5, 5.41) is 5.35. The minimum atomic E-state index is -0.634. The van der Waals surface area contributed by atoms with Crippen molar-refractivity contribution in [2.75, 3.05) is 36.5 Å². The van der Waals surface area contributed by atoms with Gasteiger partial charge in [0.05, 0.1) is 13.2 Å². The molecule has 8 heteroatoms. The van der Waals surface area contributed by atoms with Gasteiger partial charge in [0, 0.05) is 18.8 Å². The molecule has 1 aromatic carbocycles. The number of para-hydroxylation sites is 1. The Labute approximate surface area is 120 Å². The molecule has 0 bridgehead atoms. The zero-order valence-corrected chi connectivity index (χ0v) is 11.3. The molecule has 21 heavy (non-hydrogen) atoms. The number of amides is 1. The molecule has 110 valence electrons. The van der Waals surface area contributed by atoms with E-state index in [0.717, 1.165) is 4.68 Å². The van der Waals surface area contributed by atoms with Crippen LogP contribution in [0.2, 0.25) is 0 Å². The fraction of sp³-hybridized carbons (Fsp3) is 0.308. The van der Waals surface area contributed by atoms with E-state index in [0.29, 0.717) is 37.9 Å². The Balaban J connectivity index is 1.77. The fourth-order valence-corrected chi connectivity index (χ4v) is 2.07. The van der Waals surface area contributed by atoms with Gasteiger partial charge in [-0.25, -0.2) is 9.59 Å². The summed E-state index contributed by atoms with van der Waals surface area (Å²) in [6.07, 6.45) is 0. The van der Waals surface area contributed by atoms with Gasteiger partial charge >= 0.3 is 11.7 Å². The molecule has 2 N–H and O–H groups in total. The van der Waals surface area contributed by atoms with Crippen LogP contribution in [0.15, 0.2) is 35.1 Å². The van der Waals surface area contributed by atoms with Crippen molar-refractivity contribution in [2.45, 2.75) is 0 Å². The summed E-state index contributed by atoms with van der Waals surface area (Å²) in [7, 11) is 0. The second-order valence-electron chi connectivity index (χ2n) is 4.56. The highest BCUT2D eigenvalue weighted by atomic mass is 16.5. The smallest absolute Gasteiger partial charge is 0.374 e. The van der Waals surface area contributed by atoms with E-state index in [1.54, 1.807) is 24.3 Å². The predicted molar refractivity (Wildman–Crippen MR) is 76.7 cm³/mol. The number of aromatic nitrogens is 3. The van der Waals surface area contributed by atoms with E-state index in [1.807, 2.05) is 11.0 Å². The lowest BCUT2D eigenvalue weighted by molar-refractivity contribution is 0.122. The summed E-state index contributed by atoms with van der Waals surface area (Å²) in [4.78, 5) is 29.6. The molecule has 3 rings (SSSR count). The first-order valence-electron chi connectivity index (χ1n) is 6.62. The number of benzene rings is 1. The van der Waals surface area contributed by atoms with Gasteiger partial charge in [0.2, 0.25) is 5.95 Å². The van der Waals surface area contributed by atoms with Gasteiger partial charge in [-0.2, -0.15) is 4.98 Å². The highest BCUT2D eigenvalue weighted by Crippen LogP contribution is 2.08. The van der Waals surface area contributed by atoms with E-state index < -0.39 is 11.7 Å². The number of hydrogen-bond donors (Lipinski definition) is 2. The predicted octanol–water partition coefficient (Wildman–Crippen LogP) is 0.488. The third-order valence-corrected chi connectivity index (χ3v) is 3.14. The molecular weight excluding hydrogens is 274 g/mol. The maximum Gasteiger partial charge on any atom is 0.374 e. The van der Waals surface area contributed by atoms with Crippen molar-refractivity contribution in [1.82, 2.24) is 14.8 Å². The first kappa shape index (κ1) is 13.4. The molecule has 2 aromatic rings. The summed E-state index contributed by atoms with van der Waals surface area (Å²) in [6, 6.07) is 8.34. The number of carbonyl (C=O) groups excluding carboxylic acids is 1. The molecule has 0 spiro atoms. The SMILES string of the molecule is O=C(Nc1ccccc1)n1[nH]c(N2CCOCC2)nc1=O. The van der Waals surface area contributed by atoms with Crippen molar-refractivity contribution < 1.29 is 9.53 Å². The van der Waals surface area contributed by atoms with Gasteiger partial charge in [-0.15, -0.1) is 4.68 Å². The van der Waals surface area contributed by atoms with Crippen molar-refractivity contribution in [1.29, 1.82) is 0 Å². The average Bonchev–Trinajstić information content (AvgIpc) is 2.91. The van der Waals surface area contributed by atoms with Crippen LogP contribution in [0.1, 0.15) is 0 Å². The summed E-state index contributed by atoms with van der Waals surface area (Å²) in [5.41, 5.74) is -0.0261. The van der Waals surface area contributed by atoms with E-state index >= 15 is 0 Å². The number of nitrogens with one attached hydrogen (secondary N) is 2. The van der Waals surface area contributed by atoms with Gasteiger partial charge in [-0.1, -0.05) is 18.2 Å². The molecule has 1 fully saturated rings. The summed E-state index contributed by atoms with van der Waals surface area (Å²) in [5.74, 6) is 0.381. The van der Waals surface area contributed by atoms with Crippen LogP contribution < -0.4 is 15.9 Å². The number of aromatic amines is 1. The molecule has 0 atom stereocenters. The summed E-state index contributed by atoms with van der Waals surface area (Å²) >= 11 is 0. The molecule has 1 aromatic heterocycles. The van der Waals surface area contributed by atoms with E-state index in [1.165, 1.54) is 0 Å². The first-order chi connectivity index (χ1) is 10.2. The Morgan fingerprint density at radius 2 is 1.95 bits per heavy atom. The number of hydrogen-bond acceptors (Lipinski definition) is 5. The Kier molecular flexibility index (Phi) is 3.69. The van der Waals surface area contributed by atoms with Crippen LogP contribution >= 0.6 is 0 Å². The van der Waals surface area contributed by atoms with Gasteiger partial charge in [0.25, 0.3) is 0 Å². The van der Waals surface area contributed by atoms with E-state index in [2.05, 4.69) is 15.4 Å². The quantitative estimate of drug-likeness (QED) is 0.839. The fourth-order valence-electron chi connectivity index (χ4n) is 2.07. The monoisotopic (exact) mass is 289 g/mol. The molecule has 0 saturated carbocycles. The minimum Gasteiger partial charge on any atom is -0.378 e. The minimum absolute atomic E-state index is 0.381. The lowest BCUT2D eigenvalue weighted by Crippen LogP contribution is -2.37. The molecule has 2 heterocycles. The van der Waals surface area contributed by atoms with Crippen molar-refractivity contribution in [3.63, 3.8) is 0 Å². The van der Waals surface area contributed by atoms with Crippen molar-refractivity contribution in [2.24, 2.45) is 0 Å². The maximum absolute atomic E-state index is 12.1. The number of carbonyl (C=O) groups is 1. The molecule has 0 radical (unpaired) electrons. The standard InChI is InChI=1S/C13H15N5O3/c19-12(14-10-4-2-1-3-5-10)18-13(20)15-11(16-18)17-6-8-21-9-7-17/h1-5H,6-9H2,(H,14,19)(H,15,16,20). The maximum atomic E-state index is 12.1. The summed E-state index contributed by atoms with van der Waals surface area (Å²) in [6.45, 7) is 2.41. The average molecular weight is 289 g/mol. The molecule has 0 unspecified atom stereocenters. The topological polar surface area (TPSA) is 92.2 Å². The number of morpholine rings is 1. The normalized spacial score (nSPS) is 15.0. The molecule has 8 nitrogen and oxygen atoms in total. The Hall–Kier alpha value is -2.61. The van der Waals surface area contributed by atoms with E-state index in [4.69, 9.17) is 4.74 Å². The van der Waals surface area contributed by atoms with E-state index in [9.17, 15) is 9.59 Å². The van der Waals surface area contributed by atoms with Gasteiger partial charge in [-0.3, -0.25) is 5.10 Å². The summed E-state index contributed by atoms with van der Waals surface area (Å²) < 4.78 is 6.10. The van der Waals surface area contributed by atoms with Crippen LogP contribution in [0.25, 0.3) is 0 Å². The number of ether oxygens (including phenoxy) is 1. The highest BCUT2D eigenvalue weighted by molar-refractivity contribution is 5.90. The largest absolute Gasteiger partial charge is 0.378 e. The second-order valence-corrected chi connectivity index (χ2v) is 4.56. The zero-order valence-electron chi connectivity index (χ0n) is 11.3. The number of anilines is 2. The van der Waals surface area contributed by atoms with Crippen molar-refractivity contribution >= 4 is 17.7 Å². The molecular formula is C13H15N5O3. The number of rotatable bonds is 2. The van der Waals surface area contributed by atoms with Crippen LogP contribution in [0, 0.1) is 0 Å². The van der Waals surface area contributed by atoms with Crippen LogP contribution in [0.5, 0.6) is 0 Å². The number of nitrogens with zero attached hydrogens (tertiary/aromatic N) is 3. The lowest BCUT2D eigenvalue weighted by Gasteiger charge is -2.25. The third kappa shape index (κ3) is 2.95. The van der Waals surface area contributed by atoms with Crippen LogP contribution in [-0.4, -0.2) is 47.1 Å². The Morgan fingerprint density at radius 3 is 2.67 bits per heavy atom. The third-order valence-electron chi connectivity index (χ3n) is 3.14. The molecule has 1 saturated heterocycles. The molecule has 1 amide bonds. The molecule has 1 aliphatic heterocycles. The van der Waals surface area contributed by atoms with Gasteiger partial charge in [-0.05, 0) is 12.1 Å². The first-order valence-corrected chi connectivity index (χ1v) is 6.62. The Bertz CT molecular complexity index is 673. The number of H-pyrrole nitrogens is 1. The van der Waals surface area contributed by atoms with Crippen LogP contribution in [0.4, 0.5) is 16.4 Å². The van der Waals surface area contributed by atoms with Crippen LogP contribution in [-0.2, 0) is 4.74 Å². The van der Waals surface area contributed by atoms with Crippen molar-refractivity contribution in [3.05, 3.63) is 40.8 Å². The van der Waals surface area contributed by atoms with Gasteiger partial charge in [0.15, 0.2) is 0 Å².